The van der Waals surface area contributed by atoms with Gasteiger partial charge in [-0.15, -0.1) is 0 Å². The van der Waals surface area contributed by atoms with Gasteiger partial charge in [0.1, 0.15) is 17.3 Å². The zero-order chi connectivity index (χ0) is 21.9. The zero-order valence-corrected chi connectivity index (χ0v) is 18.3. The summed E-state index contributed by atoms with van der Waals surface area (Å²) in [5.74, 6) is 2.65. The molecular weight excluding hydrogens is 400 g/mol. The molecule has 3 heterocycles. The van der Waals surface area contributed by atoms with Crippen LogP contribution in [0.3, 0.4) is 0 Å². The molecule has 1 atom stereocenters. The minimum absolute atomic E-state index is 0.0385. The van der Waals surface area contributed by atoms with E-state index >= 15 is 0 Å². The summed E-state index contributed by atoms with van der Waals surface area (Å²) in [6.07, 6.45) is 9.42. The Morgan fingerprint density at radius 3 is 2.62 bits per heavy atom. The molecule has 0 spiro atoms. The fourth-order valence-corrected chi connectivity index (χ4v) is 4.62. The molecule has 5 rings (SSSR count). The molecule has 3 aromatic heterocycles. The lowest BCUT2D eigenvalue weighted by atomic mass is 9.89. The second-order valence-corrected chi connectivity index (χ2v) is 8.50. The fourth-order valence-electron chi connectivity index (χ4n) is 4.62. The molecule has 0 radical (unpaired) electrons. The summed E-state index contributed by atoms with van der Waals surface area (Å²) in [6.45, 7) is 3.60. The molecule has 0 saturated carbocycles. The van der Waals surface area contributed by atoms with E-state index in [4.69, 9.17) is 4.42 Å². The van der Waals surface area contributed by atoms with Crippen LogP contribution >= 0.6 is 0 Å². The number of hydrogen-bond donors (Lipinski definition) is 2. The summed E-state index contributed by atoms with van der Waals surface area (Å²) in [5.41, 5.74) is 4.36. The van der Waals surface area contributed by atoms with Crippen molar-refractivity contribution in [2.24, 2.45) is 0 Å². The Balaban J connectivity index is 1.42. The summed E-state index contributed by atoms with van der Waals surface area (Å²) in [5, 5.41) is 0. The summed E-state index contributed by atoms with van der Waals surface area (Å²) in [6, 6.07) is 14.6. The van der Waals surface area contributed by atoms with Crippen molar-refractivity contribution in [3.63, 3.8) is 0 Å². The highest BCUT2D eigenvalue weighted by atomic mass is 16.3. The van der Waals surface area contributed by atoms with Crippen molar-refractivity contribution in [1.82, 2.24) is 19.9 Å². The van der Waals surface area contributed by atoms with Gasteiger partial charge < -0.3 is 14.4 Å². The van der Waals surface area contributed by atoms with E-state index in [0.717, 1.165) is 66.3 Å². The highest BCUT2D eigenvalue weighted by molar-refractivity contribution is 5.63. The molecule has 0 bridgehead atoms. The van der Waals surface area contributed by atoms with Gasteiger partial charge in [-0.2, -0.15) is 0 Å². The highest BCUT2D eigenvalue weighted by Crippen LogP contribution is 2.31. The number of nitrogens with one attached hydrogen (secondary N) is 2. The maximum absolute atomic E-state index is 12.3. The molecule has 1 aromatic carbocycles. The predicted octanol–water partition coefficient (Wildman–Crippen LogP) is 5.00. The van der Waals surface area contributed by atoms with Crippen LogP contribution in [0.1, 0.15) is 54.1 Å². The molecule has 6 heteroatoms. The molecule has 164 valence electrons. The van der Waals surface area contributed by atoms with Crippen molar-refractivity contribution >= 4 is 0 Å². The molecule has 1 aliphatic rings. The average Bonchev–Trinajstić information content (AvgIpc) is 3.52. The minimum atomic E-state index is 0.0385. The van der Waals surface area contributed by atoms with Crippen LogP contribution in [-0.2, 0) is 25.9 Å². The third-order valence-corrected chi connectivity index (χ3v) is 6.39. The third-order valence-electron chi connectivity index (χ3n) is 6.39. The van der Waals surface area contributed by atoms with E-state index in [1.807, 2.05) is 30.6 Å². The van der Waals surface area contributed by atoms with Crippen LogP contribution in [0.25, 0.3) is 11.3 Å². The standard InChI is InChI=1S/C26H28N4O2/c1-18(25-27-13-14-28-25)30(16-19-7-3-2-4-8-19)17-20-11-12-24(32-20)23-15-29-26(31)22-10-6-5-9-21(22)23/h2-4,7-8,11-15,18H,5-6,9-10,16-17H2,1H3,(H,27,28)(H,29,31). The van der Waals surface area contributed by atoms with E-state index in [1.165, 1.54) is 5.56 Å². The number of nitrogens with zero attached hydrogens (tertiary/aromatic N) is 2. The Bertz CT molecular complexity index is 1220. The maximum Gasteiger partial charge on any atom is 0.251 e. The van der Waals surface area contributed by atoms with Gasteiger partial charge in [-0.1, -0.05) is 30.3 Å². The monoisotopic (exact) mass is 428 g/mol. The van der Waals surface area contributed by atoms with Crippen LogP contribution in [0.2, 0.25) is 0 Å². The van der Waals surface area contributed by atoms with E-state index in [2.05, 4.69) is 51.0 Å². The number of H-pyrrole nitrogens is 2. The molecule has 1 unspecified atom stereocenters. The molecule has 4 aromatic rings. The zero-order valence-electron chi connectivity index (χ0n) is 18.3. The Kier molecular flexibility index (Phi) is 5.77. The number of hydrogen-bond acceptors (Lipinski definition) is 4. The first-order chi connectivity index (χ1) is 15.7. The lowest BCUT2D eigenvalue weighted by Gasteiger charge is -2.27. The molecule has 0 amide bonds. The lowest BCUT2D eigenvalue weighted by molar-refractivity contribution is 0.172. The van der Waals surface area contributed by atoms with Crippen LogP contribution in [0.5, 0.6) is 0 Å². The second kappa shape index (κ2) is 9.01. The average molecular weight is 429 g/mol. The van der Waals surface area contributed by atoms with Gasteiger partial charge in [-0.25, -0.2) is 4.98 Å². The second-order valence-electron chi connectivity index (χ2n) is 8.50. The quantitative estimate of drug-likeness (QED) is 0.434. The van der Waals surface area contributed by atoms with Gasteiger partial charge in [0.25, 0.3) is 5.56 Å². The van der Waals surface area contributed by atoms with Crippen LogP contribution in [0.15, 0.2) is 70.3 Å². The predicted molar refractivity (Wildman–Crippen MR) is 124 cm³/mol. The van der Waals surface area contributed by atoms with Crippen LogP contribution in [-0.4, -0.2) is 19.9 Å². The molecule has 6 nitrogen and oxygen atoms in total. The van der Waals surface area contributed by atoms with Gasteiger partial charge in [-0.05, 0) is 55.9 Å². The van der Waals surface area contributed by atoms with E-state index in [9.17, 15) is 4.79 Å². The lowest BCUT2D eigenvalue weighted by Crippen LogP contribution is -2.26. The van der Waals surface area contributed by atoms with E-state index < -0.39 is 0 Å². The van der Waals surface area contributed by atoms with E-state index in [0.29, 0.717) is 6.54 Å². The first-order valence-corrected chi connectivity index (χ1v) is 11.3. The SMILES string of the molecule is CC(c1ncc[nH]1)N(Cc1ccccc1)Cc1ccc(-c2c[nH]c(=O)c3c2CCCC3)o1. The highest BCUT2D eigenvalue weighted by Gasteiger charge is 2.22. The maximum atomic E-state index is 12.3. The van der Waals surface area contributed by atoms with Crippen molar-refractivity contribution in [2.75, 3.05) is 0 Å². The summed E-state index contributed by atoms with van der Waals surface area (Å²) in [4.78, 5) is 25.2. The first kappa shape index (κ1) is 20.5. The number of aromatic nitrogens is 3. The van der Waals surface area contributed by atoms with E-state index in [1.54, 1.807) is 6.20 Å². The number of aromatic amines is 2. The Morgan fingerprint density at radius 2 is 1.84 bits per heavy atom. The van der Waals surface area contributed by atoms with Gasteiger partial charge >= 0.3 is 0 Å². The molecular formula is C26H28N4O2. The van der Waals surface area contributed by atoms with Crippen LogP contribution in [0.4, 0.5) is 0 Å². The number of pyridine rings is 1. The number of benzene rings is 1. The van der Waals surface area contributed by atoms with Gasteiger partial charge in [0.05, 0.1) is 12.6 Å². The third kappa shape index (κ3) is 4.18. The van der Waals surface area contributed by atoms with Gasteiger partial charge in [0.15, 0.2) is 0 Å². The number of fused-ring (bicyclic) bond motifs is 1. The molecule has 1 aliphatic carbocycles. The van der Waals surface area contributed by atoms with Crippen molar-refractivity contribution < 1.29 is 4.42 Å². The van der Waals surface area contributed by atoms with E-state index in [-0.39, 0.29) is 11.6 Å². The van der Waals surface area contributed by atoms with Gasteiger partial charge in [0.2, 0.25) is 0 Å². The molecule has 0 saturated heterocycles. The van der Waals surface area contributed by atoms with Crippen LogP contribution in [0, 0.1) is 0 Å². The first-order valence-electron chi connectivity index (χ1n) is 11.3. The van der Waals surface area contributed by atoms with Crippen molar-refractivity contribution in [3.8, 4) is 11.3 Å². The van der Waals surface area contributed by atoms with Crippen molar-refractivity contribution in [3.05, 3.63) is 99.7 Å². The number of furan rings is 1. The van der Waals surface area contributed by atoms with Crippen molar-refractivity contribution in [1.29, 1.82) is 0 Å². The summed E-state index contributed by atoms with van der Waals surface area (Å²) < 4.78 is 6.32. The van der Waals surface area contributed by atoms with Gasteiger partial charge in [-0.3, -0.25) is 9.69 Å². The Morgan fingerprint density at radius 1 is 1.03 bits per heavy atom. The number of imidazole rings is 1. The van der Waals surface area contributed by atoms with Crippen molar-refractivity contribution in [2.45, 2.75) is 51.7 Å². The molecule has 0 aliphatic heterocycles. The topological polar surface area (TPSA) is 77.9 Å². The summed E-state index contributed by atoms with van der Waals surface area (Å²) >= 11 is 0. The van der Waals surface area contributed by atoms with Crippen LogP contribution < -0.4 is 5.56 Å². The smallest absolute Gasteiger partial charge is 0.251 e. The Labute approximate surface area is 187 Å². The molecule has 0 fully saturated rings. The Hall–Kier alpha value is -3.38. The number of rotatable bonds is 7. The molecule has 2 N–H and O–H groups in total. The summed E-state index contributed by atoms with van der Waals surface area (Å²) in [7, 11) is 0. The van der Waals surface area contributed by atoms with Gasteiger partial charge in [0, 0.05) is 36.3 Å². The minimum Gasteiger partial charge on any atom is -0.460 e. The largest absolute Gasteiger partial charge is 0.460 e. The molecule has 32 heavy (non-hydrogen) atoms. The normalized spacial score (nSPS) is 14.4. The fraction of sp³-hybridized carbons (Fsp3) is 0.308.